The van der Waals surface area contributed by atoms with Crippen LogP contribution in [-0.4, -0.2) is 117 Å². The van der Waals surface area contributed by atoms with Crippen LogP contribution in [0.5, 0.6) is 0 Å². The van der Waals surface area contributed by atoms with Crippen molar-refractivity contribution < 1.29 is 72.5 Å². The number of carbonyl (C=O) groups is 6. The van der Waals surface area contributed by atoms with Crippen LogP contribution in [-0.2, 0) is 52.4 Å². The van der Waals surface area contributed by atoms with E-state index in [0.717, 1.165) is 13.8 Å². The molecule has 0 aromatic carbocycles. The summed E-state index contributed by atoms with van der Waals surface area (Å²) in [5.41, 5.74) is -8.29. The fraction of sp³-hybridized carbons (Fsp3) is 0.805. The number of fused-ring (bicyclic) bond motifs is 5. The number of aliphatic hydroxyl groups is 3. The van der Waals surface area contributed by atoms with Crippen molar-refractivity contribution in [3.8, 4) is 0 Å². The van der Waals surface area contributed by atoms with E-state index in [1.54, 1.807) is 48.5 Å². The van der Waals surface area contributed by atoms with E-state index in [1.165, 1.54) is 13.8 Å². The highest BCUT2D eigenvalue weighted by Crippen LogP contribution is 2.64. The number of ketones is 1. The summed E-state index contributed by atoms with van der Waals surface area (Å²) >= 11 is 0. The zero-order valence-electron chi connectivity index (χ0n) is 35.5. The Balaban J connectivity index is 1.96. The number of ether oxygens (including phenoxy) is 6. The number of aliphatic hydroxyl groups excluding tert-OH is 2. The minimum Gasteiger partial charge on any atom is -0.459 e. The molecule has 0 aromatic rings. The highest BCUT2D eigenvalue weighted by atomic mass is 16.6. The molecule has 57 heavy (non-hydrogen) atoms. The van der Waals surface area contributed by atoms with Gasteiger partial charge in [-0.15, -0.1) is 0 Å². The fourth-order valence-electron chi connectivity index (χ4n) is 9.39. The molecular formula is C41H63NO15. The Bertz CT molecular complexity index is 1650. The largest absolute Gasteiger partial charge is 0.459 e. The maximum atomic E-state index is 15.3. The van der Waals surface area contributed by atoms with Gasteiger partial charge in [-0.1, -0.05) is 41.5 Å². The lowest BCUT2D eigenvalue weighted by Gasteiger charge is -2.67. The Morgan fingerprint density at radius 3 is 2.07 bits per heavy atom. The normalized spacial score (nSPS) is 34.3. The van der Waals surface area contributed by atoms with E-state index in [2.05, 4.69) is 5.32 Å². The van der Waals surface area contributed by atoms with Gasteiger partial charge < -0.3 is 49.1 Å². The van der Waals surface area contributed by atoms with Crippen molar-refractivity contribution in [1.82, 2.24) is 5.32 Å². The van der Waals surface area contributed by atoms with Gasteiger partial charge in [0, 0.05) is 38.5 Å². The minimum absolute atomic E-state index is 0.0275. The third-order valence-corrected chi connectivity index (χ3v) is 12.1. The van der Waals surface area contributed by atoms with E-state index in [1.807, 2.05) is 13.8 Å². The lowest BCUT2D eigenvalue weighted by molar-refractivity contribution is -0.347. The Kier molecular flexibility index (Phi) is 13.1. The van der Waals surface area contributed by atoms with Crippen LogP contribution in [0.3, 0.4) is 0 Å². The summed E-state index contributed by atoms with van der Waals surface area (Å²) in [6.45, 7) is 20.3. The molecule has 11 atom stereocenters. The van der Waals surface area contributed by atoms with Crippen LogP contribution in [0, 0.1) is 28.6 Å². The number of Topliss-reactive ketones (excluding diaryl/α,β-unsaturated/α-hetero) is 1. The summed E-state index contributed by atoms with van der Waals surface area (Å²) in [5, 5.41) is 39.4. The molecule has 2 saturated carbocycles. The number of hydrogen-bond donors (Lipinski definition) is 4. The molecule has 0 spiro atoms. The lowest BCUT2D eigenvalue weighted by atomic mass is 9.44. The predicted molar refractivity (Wildman–Crippen MR) is 201 cm³/mol. The van der Waals surface area contributed by atoms with Crippen molar-refractivity contribution in [2.24, 2.45) is 28.6 Å². The van der Waals surface area contributed by atoms with Crippen LogP contribution in [0.25, 0.3) is 0 Å². The molecule has 3 fully saturated rings. The molecule has 322 valence electrons. The van der Waals surface area contributed by atoms with E-state index < -0.39 is 118 Å². The molecule has 0 aromatic heterocycles. The molecule has 2 bridgehead atoms. The predicted octanol–water partition coefficient (Wildman–Crippen LogP) is 3.24. The first-order valence-electron chi connectivity index (χ1n) is 19.7. The number of hydrogen-bond acceptors (Lipinski definition) is 15. The third-order valence-electron chi connectivity index (χ3n) is 12.1. The van der Waals surface area contributed by atoms with Gasteiger partial charge >= 0.3 is 30.0 Å². The monoisotopic (exact) mass is 809 g/mol. The van der Waals surface area contributed by atoms with Gasteiger partial charge in [0.25, 0.3) is 0 Å². The summed E-state index contributed by atoms with van der Waals surface area (Å²) in [6, 6.07) is -1.17. The van der Waals surface area contributed by atoms with Gasteiger partial charge in [-0.3, -0.25) is 19.2 Å². The SMILES string of the molecule is CC(=O)O[C@H]1C(=O)[C@@]2(C)C(C(OC(=O)CC(C)C)[C@]3(O)C[C@H](OC(=O)[C@H](O)[C@H](CC(C)C)NC(=O)OC(C)(C)C)C(C)=C1C3(C)C)[C@]1(OC(C)=O)CO[C@@H]1C[C@@H]2O. The second kappa shape index (κ2) is 16.2. The quantitative estimate of drug-likeness (QED) is 0.133. The fourth-order valence-corrected chi connectivity index (χ4v) is 9.39. The van der Waals surface area contributed by atoms with Crippen molar-refractivity contribution in [2.75, 3.05) is 6.61 Å². The van der Waals surface area contributed by atoms with Gasteiger partial charge in [-0.25, -0.2) is 9.59 Å². The molecule has 4 rings (SSSR count). The van der Waals surface area contributed by atoms with Crippen LogP contribution < -0.4 is 5.32 Å². The van der Waals surface area contributed by atoms with E-state index >= 15 is 4.79 Å². The summed E-state index contributed by atoms with van der Waals surface area (Å²) in [4.78, 5) is 81.6. The molecule has 2 unspecified atom stereocenters. The maximum absolute atomic E-state index is 15.3. The summed E-state index contributed by atoms with van der Waals surface area (Å²) in [5.74, 6) is -6.22. The molecule has 4 N–H and O–H groups in total. The second-order valence-electron chi connectivity index (χ2n) is 18.8. The number of esters is 4. The number of nitrogens with one attached hydrogen (secondary N) is 1. The van der Waals surface area contributed by atoms with Crippen LogP contribution in [0.1, 0.15) is 116 Å². The van der Waals surface area contributed by atoms with Gasteiger partial charge in [0.1, 0.15) is 29.5 Å². The zero-order valence-corrected chi connectivity index (χ0v) is 35.5. The first-order valence-corrected chi connectivity index (χ1v) is 19.7. The molecule has 3 aliphatic carbocycles. The van der Waals surface area contributed by atoms with Crippen LogP contribution in [0.2, 0.25) is 0 Å². The lowest BCUT2D eigenvalue weighted by Crippen LogP contribution is -2.82. The smallest absolute Gasteiger partial charge is 0.407 e. The second-order valence-corrected chi connectivity index (χ2v) is 18.8. The van der Waals surface area contributed by atoms with Crippen LogP contribution >= 0.6 is 0 Å². The Morgan fingerprint density at radius 1 is 0.965 bits per heavy atom. The van der Waals surface area contributed by atoms with Gasteiger partial charge in [-0.05, 0) is 64.0 Å². The van der Waals surface area contributed by atoms with Crippen molar-refractivity contribution in [3.05, 3.63) is 11.1 Å². The molecule has 0 radical (unpaired) electrons. The van der Waals surface area contributed by atoms with Crippen LogP contribution in [0.4, 0.5) is 4.79 Å². The number of carbonyl (C=O) groups excluding carboxylic acids is 6. The van der Waals surface area contributed by atoms with E-state index in [4.69, 9.17) is 28.4 Å². The molecule has 1 saturated heterocycles. The summed E-state index contributed by atoms with van der Waals surface area (Å²) in [6.07, 6.45) is -10.9. The number of amides is 1. The standard InChI is InChI=1S/C41H63NO15/c1-19(2)14-24(42-36(50)57-37(8,9)10)30(47)35(49)54-25-17-41(51)34(55-28(46)15-20(3)4)32-39(13,26(45)16-27-40(32,18-52-27)56-23(7)44)33(48)31(53-22(6)43)29(21(25)5)38(41,11)12/h19-20,24-27,30-32,34,45,47,51H,14-18H2,1-13H3,(H,42,50)/t24-,25-,26-,27+,30+,31+,32?,34?,39+,40-,41+/m0/s1. The summed E-state index contributed by atoms with van der Waals surface area (Å²) < 4.78 is 35.3. The molecule has 16 heteroatoms. The third kappa shape index (κ3) is 8.60. The van der Waals surface area contributed by atoms with Crippen molar-refractivity contribution in [3.63, 3.8) is 0 Å². The highest BCUT2D eigenvalue weighted by molar-refractivity contribution is 5.95. The Morgan fingerprint density at radius 2 is 1.58 bits per heavy atom. The first kappa shape index (κ1) is 46.1. The zero-order chi connectivity index (χ0) is 43.4. The van der Waals surface area contributed by atoms with Gasteiger partial charge in [-0.2, -0.15) is 0 Å². The Labute approximate surface area is 334 Å². The number of rotatable bonds is 11. The molecule has 1 aliphatic heterocycles. The average Bonchev–Trinajstić information content (AvgIpc) is 3.03. The van der Waals surface area contributed by atoms with E-state index in [0.29, 0.717) is 0 Å². The van der Waals surface area contributed by atoms with Gasteiger partial charge in [0.15, 0.2) is 23.6 Å². The first-order chi connectivity index (χ1) is 26.0. The van der Waals surface area contributed by atoms with Crippen molar-refractivity contribution >= 4 is 35.8 Å². The van der Waals surface area contributed by atoms with Crippen molar-refractivity contribution in [2.45, 2.75) is 175 Å². The van der Waals surface area contributed by atoms with E-state index in [-0.39, 0.29) is 48.9 Å². The van der Waals surface area contributed by atoms with Crippen molar-refractivity contribution in [1.29, 1.82) is 0 Å². The molecule has 1 amide bonds. The minimum atomic E-state index is -2.31. The van der Waals surface area contributed by atoms with E-state index in [9.17, 15) is 39.3 Å². The Hall–Kier alpha value is -3.60. The average molecular weight is 810 g/mol. The molecular weight excluding hydrogens is 746 g/mol. The van der Waals surface area contributed by atoms with Gasteiger partial charge in [0.2, 0.25) is 0 Å². The summed E-state index contributed by atoms with van der Waals surface area (Å²) in [7, 11) is 0. The van der Waals surface area contributed by atoms with Crippen LogP contribution in [0.15, 0.2) is 11.1 Å². The molecule has 16 nitrogen and oxygen atoms in total. The maximum Gasteiger partial charge on any atom is 0.407 e. The number of alkyl carbamates (subject to hydrolysis) is 1. The topological polar surface area (TPSA) is 231 Å². The van der Waals surface area contributed by atoms with Gasteiger partial charge in [0.05, 0.1) is 30.1 Å². The highest BCUT2D eigenvalue weighted by Gasteiger charge is 2.78. The molecule has 4 aliphatic rings. The molecule has 1 heterocycles.